The van der Waals surface area contributed by atoms with Gasteiger partial charge in [-0.1, -0.05) is 19.3 Å². The van der Waals surface area contributed by atoms with Crippen molar-refractivity contribution in [2.75, 3.05) is 0 Å². The molecule has 15 heavy (non-hydrogen) atoms. The maximum Gasteiger partial charge on any atom is 0.374 e. The van der Waals surface area contributed by atoms with E-state index in [2.05, 4.69) is 0 Å². The fourth-order valence-corrected chi connectivity index (χ4v) is 2.67. The Morgan fingerprint density at radius 2 is 1.67 bits per heavy atom. The van der Waals surface area contributed by atoms with E-state index >= 15 is 0 Å². The van der Waals surface area contributed by atoms with Crippen molar-refractivity contribution in [3.8, 4) is 0 Å². The first kappa shape index (κ1) is 10.7. The van der Waals surface area contributed by atoms with Crippen molar-refractivity contribution in [1.82, 2.24) is 0 Å². The van der Waals surface area contributed by atoms with Crippen LogP contribution in [0.15, 0.2) is 0 Å². The molecule has 0 amide bonds. The molecule has 2 fully saturated rings. The summed E-state index contributed by atoms with van der Waals surface area (Å²) in [5.41, 5.74) is 0. The molecule has 1 aliphatic carbocycles. The third kappa shape index (κ3) is 2.58. The number of ether oxygens (including phenoxy) is 1. The Labute approximate surface area is 90.2 Å². The van der Waals surface area contributed by atoms with E-state index in [0.717, 1.165) is 25.7 Å². The molecule has 84 valence electrons. The molecule has 3 heteroatoms. The van der Waals surface area contributed by atoms with Crippen LogP contribution in [0.3, 0.4) is 0 Å². The smallest absolute Gasteiger partial charge is 0.374 e. The van der Waals surface area contributed by atoms with Gasteiger partial charge in [0.15, 0.2) is 0 Å². The molecule has 0 aromatic heterocycles. The lowest BCUT2D eigenvalue weighted by Crippen LogP contribution is -2.28. The fourth-order valence-electron chi connectivity index (χ4n) is 2.67. The quantitative estimate of drug-likeness (QED) is 0.492. The lowest BCUT2D eigenvalue weighted by Gasteiger charge is -2.28. The van der Waals surface area contributed by atoms with Crippen LogP contribution in [0.4, 0.5) is 0 Å². The average molecular weight is 210 g/mol. The number of carbonyl (C=O) groups excluding carboxylic acids is 2. The highest BCUT2D eigenvalue weighted by molar-refractivity contribution is 6.33. The molecule has 0 aromatic carbocycles. The van der Waals surface area contributed by atoms with Crippen LogP contribution in [0.1, 0.15) is 51.4 Å². The molecule has 0 aromatic rings. The highest BCUT2D eigenvalue weighted by Crippen LogP contribution is 2.31. The fraction of sp³-hybridized carbons (Fsp3) is 0.833. The highest BCUT2D eigenvalue weighted by atomic mass is 16.5. The first-order valence-corrected chi connectivity index (χ1v) is 6.01. The standard InChI is InChI=1S/C12H18O3/c13-10-7-4-8-11(15-12(10)14)9-5-2-1-3-6-9/h9,11H,1-8H2. The molecule has 1 atom stereocenters. The summed E-state index contributed by atoms with van der Waals surface area (Å²) in [5, 5.41) is 0. The molecule has 2 rings (SSSR count). The van der Waals surface area contributed by atoms with Crippen LogP contribution in [0.25, 0.3) is 0 Å². The number of esters is 1. The highest BCUT2D eigenvalue weighted by Gasteiger charge is 2.31. The minimum atomic E-state index is -0.594. The van der Waals surface area contributed by atoms with Crippen molar-refractivity contribution in [1.29, 1.82) is 0 Å². The molecule has 3 nitrogen and oxygen atoms in total. The summed E-state index contributed by atoms with van der Waals surface area (Å²) in [6.45, 7) is 0. The van der Waals surface area contributed by atoms with Gasteiger partial charge in [-0.3, -0.25) is 4.79 Å². The van der Waals surface area contributed by atoms with Crippen LogP contribution in [-0.4, -0.2) is 17.9 Å². The summed E-state index contributed by atoms with van der Waals surface area (Å²) >= 11 is 0. The van der Waals surface area contributed by atoms with Crippen molar-refractivity contribution in [3.05, 3.63) is 0 Å². The van der Waals surface area contributed by atoms with Crippen LogP contribution in [0, 0.1) is 5.92 Å². The average Bonchev–Trinajstić information content (AvgIpc) is 2.43. The minimum Gasteiger partial charge on any atom is -0.456 e. The van der Waals surface area contributed by atoms with E-state index in [9.17, 15) is 9.59 Å². The second-order valence-electron chi connectivity index (χ2n) is 4.66. The minimum absolute atomic E-state index is 0.0178. The Kier molecular flexibility index (Phi) is 3.39. The van der Waals surface area contributed by atoms with E-state index in [1.54, 1.807) is 0 Å². The SMILES string of the molecule is O=C1CCCC(C2CCCCC2)OC1=O. The van der Waals surface area contributed by atoms with Crippen molar-refractivity contribution >= 4 is 11.8 Å². The van der Waals surface area contributed by atoms with Crippen molar-refractivity contribution in [2.24, 2.45) is 5.92 Å². The number of carbonyl (C=O) groups is 2. The summed E-state index contributed by atoms with van der Waals surface area (Å²) in [6.07, 6.45) is 8.19. The number of rotatable bonds is 1. The number of hydrogen-bond donors (Lipinski definition) is 0. The zero-order chi connectivity index (χ0) is 10.7. The molecule has 1 saturated carbocycles. The summed E-state index contributed by atoms with van der Waals surface area (Å²) in [5.74, 6) is -0.426. The normalized spacial score (nSPS) is 29.7. The molecule has 1 saturated heterocycles. The topological polar surface area (TPSA) is 43.4 Å². The van der Waals surface area contributed by atoms with Gasteiger partial charge in [-0.25, -0.2) is 4.79 Å². The van der Waals surface area contributed by atoms with Gasteiger partial charge in [0, 0.05) is 6.42 Å². The van der Waals surface area contributed by atoms with Gasteiger partial charge in [0.25, 0.3) is 0 Å². The Morgan fingerprint density at radius 3 is 2.40 bits per heavy atom. The Morgan fingerprint density at radius 1 is 0.933 bits per heavy atom. The van der Waals surface area contributed by atoms with E-state index in [-0.39, 0.29) is 11.9 Å². The third-order valence-electron chi connectivity index (χ3n) is 3.55. The van der Waals surface area contributed by atoms with Crippen molar-refractivity contribution < 1.29 is 14.3 Å². The molecule has 0 N–H and O–H groups in total. The second kappa shape index (κ2) is 4.77. The first-order chi connectivity index (χ1) is 7.27. The van der Waals surface area contributed by atoms with Crippen molar-refractivity contribution in [2.45, 2.75) is 57.5 Å². The van der Waals surface area contributed by atoms with Crippen LogP contribution in [0.5, 0.6) is 0 Å². The van der Waals surface area contributed by atoms with E-state index in [1.807, 2.05) is 0 Å². The predicted molar refractivity (Wildman–Crippen MR) is 55.3 cm³/mol. The predicted octanol–water partition coefficient (Wildman–Crippen LogP) is 2.23. The Balaban J connectivity index is 1.95. The van der Waals surface area contributed by atoms with Gasteiger partial charge in [-0.15, -0.1) is 0 Å². The lowest BCUT2D eigenvalue weighted by molar-refractivity contribution is -0.158. The van der Waals surface area contributed by atoms with Crippen molar-refractivity contribution in [3.63, 3.8) is 0 Å². The molecule has 2 aliphatic rings. The Bertz CT molecular complexity index is 254. The third-order valence-corrected chi connectivity index (χ3v) is 3.55. The van der Waals surface area contributed by atoms with Gasteiger partial charge in [0.1, 0.15) is 6.10 Å². The van der Waals surface area contributed by atoms with Crippen LogP contribution in [-0.2, 0) is 14.3 Å². The molecule has 0 radical (unpaired) electrons. The van der Waals surface area contributed by atoms with Gasteiger partial charge in [-0.2, -0.15) is 0 Å². The second-order valence-corrected chi connectivity index (χ2v) is 4.66. The zero-order valence-corrected chi connectivity index (χ0v) is 9.04. The Hall–Kier alpha value is -0.860. The van der Waals surface area contributed by atoms with Gasteiger partial charge < -0.3 is 4.74 Å². The molecule has 1 unspecified atom stereocenters. The van der Waals surface area contributed by atoms with Crippen LogP contribution < -0.4 is 0 Å². The lowest BCUT2D eigenvalue weighted by atomic mass is 9.83. The summed E-state index contributed by atoms with van der Waals surface area (Å²) in [6, 6.07) is 0. The maximum atomic E-state index is 11.3. The molecule has 1 aliphatic heterocycles. The van der Waals surface area contributed by atoms with E-state index in [1.165, 1.54) is 19.3 Å². The number of Topliss-reactive ketones (excluding diaryl/α,β-unsaturated/α-hetero) is 1. The molecule has 0 spiro atoms. The number of ketones is 1. The van der Waals surface area contributed by atoms with Crippen LogP contribution in [0.2, 0.25) is 0 Å². The van der Waals surface area contributed by atoms with Gasteiger partial charge in [0.2, 0.25) is 5.78 Å². The molecule has 0 bridgehead atoms. The molecular weight excluding hydrogens is 192 g/mol. The van der Waals surface area contributed by atoms with E-state index in [4.69, 9.17) is 4.74 Å². The van der Waals surface area contributed by atoms with E-state index < -0.39 is 5.97 Å². The van der Waals surface area contributed by atoms with E-state index in [0.29, 0.717) is 12.3 Å². The monoisotopic (exact) mass is 210 g/mol. The van der Waals surface area contributed by atoms with Gasteiger partial charge >= 0.3 is 5.97 Å². The number of hydrogen-bond acceptors (Lipinski definition) is 3. The van der Waals surface area contributed by atoms with Gasteiger partial charge in [0.05, 0.1) is 0 Å². The largest absolute Gasteiger partial charge is 0.456 e. The first-order valence-electron chi connectivity index (χ1n) is 6.01. The zero-order valence-electron chi connectivity index (χ0n) is 9.04. The molecule has 1 heterocycles. The summed E-state index contributed by atoms with van der Waals surface area (Å²) in [4.78, 5) is 22.5. The van der Waals surface area contributed by atoms with Crippen LogP contribution >= 0.6 is 0 Å². The summed E-state index contributed by atoms with van der Waals surface area (Å²) in [7, 11) is 0. The van der Waals surface area contributed by atoms with Gasteiger partial charge in [-0.05, 0) is 31.6 Å². The number of cyclic esters (lactones) is 1. The summed E-state index contributed by atoms with van der Waals surface area (Å²) < 4.78 is 5.27. The molecular formula is C12H18O3. The maximum absolute atomic E-state index is 11.3.